The average Bonchev–Trinajstić information content (AvgIpc) is 3.07. The zero-order valence-corrected chi connectivity index (χ0v) is 13.0. The Morgan fingerprint density at radius 2 is 1.62 bits per heavy atom. The smallest absolute Gasteiger partial charge is 0.303 e. The summed E-state index contributed by atoms with van der Waals surface area (Å²) in [7, 11) is 0. The van der Waals surface area contributed by atoms with E-state index in [0.717, 1.165) is 12.2 Å². The lowest BCUT2D eigenvalue weighted by atomic mass is 10.0. The maximum atomic E-state index is 9.64. The van der Waals surface area contributed by atoms with Crippen LogP contribution in [-0.4, -0.2) is 32.1 Å². The fraction of sp³-hybridized carbons (Fsp3) is 0.167. The van der Waals surface area contributed by atoms with Crippen molar-refractivity contribution >= 4 is 22.7 Å². The number of rotatable bonds is 5. The Morgan fingerprint density at radius 3 is 2.25 bits per heavy atom. The molecule has 0 aliphatic heterocycles. The minimum atomic E-state index is -1.08. The van der Waals surface area contributed by atoms with Gasteiger partial charge in [0.2, 0.25) is 0 Å². The summed E-state index contributed by atoms with van der Waals surface area (Å²) in [5.41, 5.74) is 1.31. The van der Waals surface area contributed by atoms with Gasteiger partial charge in [-0.3, -0.25) is 9.59 Å². The van der Waals surface area contributed by atoms with Crippen molar-refractivity contribution in [2.75, 3.05) is 0 Å². The van der Waals surface area contributed by atoms with Crippen LogP contribution in [0.4, 0.5) is 0 Å². The predicted molar refractivity (Wildman–Crippen MR) is 89.8 cm³/mol. The molecule has 3 aromatic rings. The van der Waals surface area contributed by atoms with Gasteiger partial charge in [0.15, 0.2) is 0 Å². The van der Waals surface area contributed by atoms with E-state index in [0.29, 0.717) is 0 Å². The standard InChI is InChI=1S/C14H12N2.C4H6O4/c1-2-7-13-11(4-1)5-3-6-12(13)10-14-15-8-9-16-14;5-3(6)1-2-4(7)8/h1-9H,10H2,(H,15,16);1-2H2,(H,5,6)(H,7,8). The number of nitrogens with zero attached hydrogens (tertiary/aromatic N) is 1. The third-order valence-electron chi connectivity index (χ3n) is 3.35. The molecule has 3 rings (SSSR count). The molecule has 24 heavy (non-hydrogen) atoms. The number of hydrogen-bond donors (Lipinski definition) is 3. The number of aromatic amines is 1. The highest BCUT2D eigenvalue weighted by Crippen LogP contribution is 2.20. The summed E-state index contributed by atoms with van der Waals surface area (Å²) < 4.78 is 0. The number of hydrogen-bond acceptors (Lipinski definition) is 3. The van der Waals surface area contributed by atoms with Crippen LogP contribution in [0.25, 0.3) is 10.8 Å². The molecule has 0 aliphatic rings. The van der Waals surface area contributed by atoms with Crippen molar-refractivity contribution in [3.63, 3.8) is 0 Å². The monoisotopic (exact) mass is 326 g/mol. The zero-order chi connectivity index (χ0) is 17.4. The van der Waals surface area contributed by atoms with Gasteiger partial charge in [-0.25, -0.2) is 4.98 Å². The van der Waals surface area contributed by atoms with Gasteiger partial charge >= 0.3 is 11.9 Å². The SMILES string of the molecule is O=C(O)CCC(=O)O.c1ccc2c(Cc3ncc[nH]3)cccc2c1. The molecule has 0 aliphatic carbocycles. The summed E-state index contributed by atoms with van der Waals surface area (Å²) in [5, 5.41) is 18.4. The number of H-pyrrole nitrogens is 1. The lowest BCUT2D eigenvalue weighted by Gasteiger charge is -2.04. The van der Waals surface area contributed by atoms with Crippen LogP contribution < -0.4 is 0 Å². The first kappa shape index (κ1) is 17.2. The molecule has 3 N–H and O–H groups in total. The van der Waals surface area contributed by atoms with Crippen molar-refractivity contribution in [2.45, 2.75) is 19.3 Å². The second-order valence-corrected chi connectivity index (χ2v) is 5.14. The van der Waals surface area contributed by atoms with E-state index >= 15 is 0 Å². The second-order valence-electron chi connectivity index (χ2n) is 5.14. The summed E-state index contributed by atoms with van der Waals surface area (Å²) in [5.74, 6) is -1.14. The highest BCUT2D eigenvalue weighted by atomic mass is 16.4. The molecule has 1 aromatic heterocycles. The van der Waals surface area contributed by atoms with Crippen molar-refractivity contribution in [1.29, 1.82) is 0 Å². The molecular formula is C18H18N2O4. The Hall–Kier alpha value is -3.15. The third-order valence-corrected chi connectivity index (χ3v) is 3.35. The topological polar surface area (TPSA) is 103 Å². The van der Waals surface area contributed by atoms with Crippen LogP contribution in [0, 0.1) is 0 Å². The number of aromatic nitrogens is 2. The first-order valence-electron chi connectivity index (χ1n) is 7.44. The molecule has 6 heteroatoms. The van der Waals surface area contributed by atoms with Gasteiger partial charge in [-0.15, -0.1) is 0 Å². The van der Waals surface area contributed by atoms with Crippen LogP contribution in [0.3, 0.4) is 0 Å². The summed E-state index contributed by atoms with van der Waals surface area (Å²) in [6.45, 7) is 0. The van der Waals surface area contributed by atoms with Crippen molar-refractivity contribution in [3.05, 3.63) is 66.2 Å². The fourth-order valence-corrected chi connectivity index (χ4v) is 2.24. The number of imidazole rings is 1. The Labute approximate surface area is 138 Å². The van der Waals surface area contributed by atoms with Gasteiger partial charge in [-0.1, -0.05) is 42.5 Å². The van der Waals surface area contributed by atoms with Gasteiger partial charge < -0.3 is 15.2 Å². The molecule has 0 atom stereocenters. The molecule has 0 saturated heterocycles. The molecule has 2 aromatic carbocycles. The average molecular weight is 326 g/mol. The Morgan fingerprint density at radius 1 is 0.958 bits per heavy atom. The van der Waals surface area contributed by atoms with Crippen molar-refractivity contribution < 1.29 is 19.8 Å². The van der Waals surface area contributed by atoms with Crippen LogP contribution in [0.1, 0.15) is 24.2 Å². The van der Waals surface area contributed by atoms with Crippen LogP contribution in [0.5, 0.6) is 0 Å². The van der Waals surface area contributed by atoms with Gasteiger partial charge in [-0.2, -0.15) is 0 Å². The van der Waals surface area contributed by atoms with E-state index in [1.807, 2.05) is 6.20 Å². The van der Waals surface area contributed by atoms with E-state index in [1.165, 1.54) is 16.3 Å². The zero-order valence-electron chi connectivity index (χ0n) is 13.0. The molecule has 124 valence electrons. The van der Waals surface area contributed by atoms with E-state index in [4.69, 9.17) is 10.2 Å². The summed E-state index contributed by atoms with van der Waals surface area (Å²) in [6.07, 6.45) is 3.92. The molecule has 0 fully saturated rings. The number of carboxylic acid groups (broad SMARTS) is 2. The quantitative estimate of drug-likeness (QED) is 0.668. The lowest BCUT2D eigenvalue weighted by molar-refractivity contribution is -0.143. The maximum Gasteiger partial charge on any atom is 0.303 e. The fourth-order valence-electron chi connectivity index (χ4n) is 2.24. The molecule has 6 nitrogen and oxygen atoms in total. The number of nitrogens with one attached hydrogen (secondary N) is 1. The Balaban J connectivity index is 0.000000224. The van der Waals surface area contributed by atoms with Gasteiger partial charge in [0, 0.05) is 18.8 Å². The van der Waals surface area contributed by atoms with Gasteiger partial charge in [0.1, 0.15) is 5.82 Å². The number of fused-ring (bicyclic) bond motifs is 1. The predicted octanol–water partition coefficient (Wildman–Crippen LogP) is 3.09. The second kappa shape index (κ2) is 8.47. The summed E-state index contributed by atoms with van der Waals surface area (Å²) in [4.78, 5) is 26.7. The van der Waals surface area contributed by atoms with E-state index in [2.05, 4.69) is 52.4 Å². The van der Waals surface area contributed by atoms with Gasteiger partial charge in [0.25, 0.3) is 0 Å². The molecule has 0 amide bonds. The van der Waals surface area contributed by atoms with Crippen LogP contribution in [-0.2, 0) is 16.0 Å². The van der Waals surface area contributed by atoms with E-state index in [-0.39, 0.29) is 12.8 Å². The minimum Gasteiger partial charge on any atom is -0.481 e. The first-order valence-corrected chi connectivity index (χ1v) is 7.44. The largest absolute Gasteiger partial charge is 0.481 e. The third kappa shape index (κ3) is 5.24. The normalized spacial score (nSPS) is 10.0. The van der Waals surface area contributed by atoms with Crippen LogP contribution in [0.15, 0.2) is 54.9 Å². The van der Waals surface area contributed by atoms with Crippen LogP contribution >= 0.6 is 0 Å². The molecule has 0 saturated carbocycles. The number of carboxylic acids is 2. The van der Waals surface area contributed by atoms with E-state index < -0.39 is 11.9 Å². The molecule has 1 heterocycles. The van der Waals surface area contributed by atoms with E-state index in [9.17, 15) is 9.59 Å². The highest BCUT2D eigenvalue weighted by Gasteiger charge is 2.02. The number of aliphatic carboxylic acids is 2. The highest BCUT2D eigenvalue weighted by molar-refractivity contribution is 5.85. The Bertz CT molecular complexity index is 794. The molecule has 0 bridgehead atoms. The van der Waals surface area contributed by atoms with E-state index in [1.54, 1.807) is 6.20 Å². The first-order chi connectivity index (χ1) is 11.6. The summed E-state index contributed by atoms with van der Waals surface area (Å²) >= 11 is 0. The number of carbonyl (C=O) groups is 2. The molecule has 0 unspecified atom stereocenters. The molecular weight excluding hydrogens is 308 g/mol. The molecule has 0 radical (unpaired) electrons. The van der Waals surface area contributed by atoms with Gasteiger partial charge in [-0.05, 0) is 16.3 Å². The Kier molecular flexibility index (Phi) is 6.08. The number of benzene rings is 2. The van der Waals surface area contributed by atoms with Crippen LogP contribution in [0.2, 0.25) is 0 Å². The molecule has 0 spiro atoms. The lowest BCUT2D eigenvalue weighted by Crippen LogP contribution is -2.00. The van der Waals surface area contributed by atoms with Crippen molar-refractivity contribution in [2.24, 2.45) is 0 Å². The summed E-state index contributed by atoms with van der Waals surface area (Å²) in [6, 6.07) is 14.8. The van der Waals surface area contributed by atoms with Crippen molar-refractivity contribution in [1.82, 2.24) is 9.97 Å². The maximum absolute atomic E-state index is 9.64. The van der Waals surface area contributed by atoms with Gasteiger partial charge in [0.05, 0.1) is 12.8 Å². The van der Waals surface area contributed by atoms with Crippen molar-refractivity contribution in [3.8, 4) is 0 Å². The minimum absolute atomic E-state index is 0.296.